The summed E-state index contributed by atoms with van der Waals surface area (Å²) in [4.78, 5) is 6.60. The maximum Gasteiger partial charge on any atom is 0.261 e. The van der Waals surface area contributed by atoms with Gasteiger partial charge in [0, 0.05) is 19.6 Å². The van der Waals surface area contributed by atoms with Crippen LogP contribution in [0.1, 0.15) is 17.6 Å². The van der Waals surface area contributed by atoms with Gasteiger partial charge >= 0.3 is 0 Å². The number of nitrogens with zero attached hydrogens (tertiary/aromatic N) is 3. The van der Waals surface area contributed by atoms with Crippen molar-refractivity contribution in [1.29, 1.82) is 0 Å². The van der Waals surface area contributed by atoms with Crippen LogP contribution in [-0.4, -0.2) is 47.9 Å². The Kier molecular flexibility index (Phi) is 3.81. The molecule has 1 saturated heterocycles. The molecule has 1 fully saturated rings. The third-order valence-corrected chi connectivity index (χ3v) is 3.42. The molecule has 0 bridgehead atoms. The van der Waals surface area contributed by atoms with Crippen LogP contribution >= 0.6 is 0 Å². The molecule has 2 aromatic rings. The lowest BCUT2D eigenvalue weighted by Gasteiger charge is -2.27. The van der Waals surface area contributed by atoms with Crippen LogP contribution in [0.2, 0.25) is 0 Å². The highest BCUT2D eigenvalue weighted by molar-refractivity contribution is 5.54. The minimum atomic E-state index is -0.266. The molecule has 7 heteroatoms. The summed E-state index contributed by atoms with van der Waals surface area (Å²) in [5, 5.41) is 3.97. The molecule has 108 valence electrons. The van der Waals surface area contributed by atoms with Crippen LogP contribution in [0.4, 0.5) is 0 Å². The summed E-state index contributed by atoms with van der Waals surface area (Å²) >= 11 is 0. The van der Waals surface area contributed by atoms with Gasteiger partial charge in [0.2, 0.25) is 0 Å². The van der Waals surface area contributed by atoms with Crippen LogP contribution in [0.15, 0.2) is 21.3 Å². The lowest BCUT2D eigenvalue weighted by Crippen LogP contribution is -2.40. The van der Waals surface area contributed by atoms with E-state index in [0.29, 0.717) is 18.3 Å². The molecule has 1 unspecified atom stereocenters. The molecule has 0 radical (unpaired) electrons. The van der Waals surface area contributed by atoms with E-state index < -0.39 is 0 Å². The van der Waals surface area contributed by atoms with Crippen LogP contribution in [0.5, 0.6) is 0 Å². The minimum Gasteiger partial charge on any atom is -0.469 e. The lowest BCUT2D eigenvalue weighted by atomic mass is 10.2. The number of furan rings is 1. The number of hydrogen-bond donors (Lipinski definition) is 1. The van der Waals surface area contributed by atoms with Crippen molar-refractivity contribution in [2.45, 2.75) is 13.0 Å². The zero-order valence-electron chi connectivity index (χ0n) is 11.4. The Balaban J connectivity index is 1.68. The number of nitrogens with two attached hydrogens (primary N) is 1. The molecule has 0 spiro atoms. The Bertz CT molecular complexity index is 559. The van der Waals surface area contributed by atoms with Crippen molar-refractivity contribution in [2.75, 3.05) is 32.8 Å². The fraction of sp³-hybridized carbons (Fsp3) is 0.538. The van der Waals surface area contributed by atoms with Gasteiger partial charge in [0.25, 0.3) is 5.89 Å². The molecule has 0 aromatic carbocycles. The minimum absolute atomic E-state index is 0.266. The predicted molar refractivity (Wildman–Crippen MR) is 70.9 cm³/mol. The SMILES string of the molecule is Cc1occc1-c1nc(C(N)CN2CCOCC2)no1. The second-order valence-electron chi connectivity index (χ2n) is 4.87. The van der Waals surface area contributed by atoms with E-state index >= 15 is 0 Å². The van der Waals surface area contributed by atoms with E-state index in [9.17, 15) is 0 Å². The van der Waals surface area contributed by atoms with Crippen LogP contribution in [0.25, 0.3) is 11.5 Å². The van der Waals surface area contributed by atoms with Gasteiger partial charge in [-0.3, -0.25) is 4.90 Å². The van der Waals surface area contributed by atoms with Crippen LogP contribution in [0, 0.1) is 6.92 Å². The van der Waals surface area contributed by atoms with Gasteiger partial charge in [-0.2, -0.15) is 4.98 Å². The van der Waals surface area contributed by atoms with E-state index in [0.717, 1.165) is 37.6 Å². The Morgan fingerprint density at radius 1 is 1.40 bits per heavy atom. The third-order valence-electron chi connectivity index (χ3n) is 3.42. The first-order valence-electron chi connectivity index (χ1n) is 6.68. The topological polar surface area (TPSA) is 90.5 Å². The van der Waals surface area contributed by atoms with Crippen LogP contribution in [0.3, 0.4) is 0 Å². The molecular weight excluding hydrogens is 260 g/mol. The van der Waals surface area contributed by atoms with Crippen molar-refractivity contribution in [3.63, 3.8) is 0 Å². The maximum atomic E-state index is 6.14. The van der Waals surface area contributed by atoms with Crippen LogP contribution < -0.4 is 5.73 Å². The monoisotopic (exact) mass is 278 g/mol. The molecule has 0 amide bonds. The summed E-state index contributed by atoms with van der Waals surface area (Å²) < 4.78 is 15.8. The zero-order chi connectivity index (χ0) is 13.9. The highest BCUT2D eigenvalue weighted by Gasteiger charge is 2.21. The zero-order valence-corrected chi connectivity index (χ0v) is 11.4. The van der Waals surface area contributed by atoms with E-state index in [1.54, 1.807) is 12.3 Å². The largest absolute Gasteiger partial charge is 0.469 e. The number of aryl methyl sites for hydroxylation is 1. The molecule has 3 heterocycles. The van der Waals surface area contributed by atoms with Gasteiger partial charge in [-0.15, -0.1) is 0 Å². The number of rotatable bonds is 4. The first-order valence-corrected chi connectivity index (χ1v) is 6.68. The van der Waals surface area contributed by atoms with E-state index in [1.807, 2.05) is 6.92 Å². The average Bonchev–Trinajstić information content (AvgIpc) is 3.08. The third kappa shape index (κ3) is 2.74. The fourth-order valence-corrected chi connectivity index (χ4v) is 2.25. The molecule has 0 aliphatic carbocycles. The molecule has 20 heavy (non-hydrogen) atoms. The molecule has 2 N–H and O–H groups in total. The molecule has 1 aliphatic rings. The van der Waals surface area contributed by atoms with Crippen molar-refractivity contribution in [3.8, 4) is 11.5 Å². The van der Waals surface area contributed by atoms with Crippen LogP contribution in [-0.2, 0) is 4.74 Å². The summed E-state index contributed by atoms with van der Waals surface area (Å²) in [6.07, 6.45) is 1.60. The summed E-state index contributed by atoms with van der Waals surface area (Å²) in [5.41, 5.74) is 6.95. The Morgan fingerprint density at radius 3 is 2.90 bits per heavy atom. The quantitative estimate of drug-likeness (QED) is 0.891. The van der Waals surface area contributed by atoms with Gasteiger partial charge in [-0.25, -0.2) is 0 Å². The maximum absolute atomic E-state index is 6.14. The lowest BCUT2D eigenvalue weighted by molar-refractivity contribution is 0.0348. The highest BCUT2D eigenvalue weighted by atomic mass is 16.5. The van der Waals surface area contributed by atoms with Crippen molar-refractivity contribution in [3.05, 3.63) is 23.9 Å². The van der Waals surface area contributed by atoms with Crippen molar-refractivity contribution >= 4 is 0 Å². The van der Waals surface area contributed by atoms with Gasteiger partial charge in [-0.05, 0) is 13.0 Å². The second-order valence-corrected chi connectivity index (χ2v) is 4.87. The van der Waals surface area contributed by atoms with E-state index in [-0.39, 0.29) is 6.04 Å². The Labute approximate surface area is 116 Å². The van der Waals surface area contributed by atoms with Crippen molar-refractivity contribution in [1.82, 2.24) is 15.0 Å². The number of aromatic nitrogens is 2. The van der Waals surface area contributed by atoms with Gasteiger partial charge in [0.15, 0.2) is 5.82 Å². The van der Waals surface area contributed by atoms with Gasteiger partial charge in [0.1, 0.15) is 5.76 Å². The van der Waals surface area contributed by atoms with Gasteiger partial charge in [0.05, 0.1) is 31.1 Å². The first kappa shape index (κ1) is 13.3. The molecule has 2 aromatic heterocycles. The van der Waals surface area contributed by atoms with Crippen molar-refractivity contribution in [2.24, 2.45) is 5.73 Å². The summed E-state index contributed by atoms with van der Waals surface area (Å²) in [5.74, 6) is 1.72. The molecule has 7 nitrogen and oxygen atoms in total. The van der Waals surface area contributed by atoms with E-state index in [4.69, 9.17) is 19.4 Å². The summed E-state index contributed by atoms with van der Waals surface area (Å²) in [7, 11) is 0. The highest BCUT2D eigenvalue weighted by Crippen LogP contribution is 2.23. The molecule has 1 atom stereocenters. The van der Waals surface area contributed by atoms with Gasteiger partial charge < -0.3 is 19.4 Å². The number of ether oxygens (including phenoxy) is 1. The molecule has 3 rings (SSSR count). The average molecular weight is 278 g/mol. The van der Waals surface area contributed by atoms with E-state index in [2.05, 4.69) is 15.0 Å². The molecule has 0 saturated carbocycles. The van der Waals surface area contributed by atoms with Gasteiger partial charge in [-0.1, -0.05) is 5.16 Å². The number of hydrogen-bond acceptors (Lipinski definition) is 7. The molecular formula is C13H18N4O3. The number of morpholine rings is 1. The normalized spacial score (nSPS) is 18.3. The molecule has 1 aliphatic heterocycles. The smallest absolute Gasteiger partial charge is 0.261 e. The van der Waals surface area contributed by atoms with Crippen molar-refractivity contribution < 1.29 is 13.7 Å². The predicted octanol–water partition coefficient (Wildman–Crippen LogP) is 0.970. The van der Waals surface area contributed by atoms with E-state index in [1.165, 1.54) is 0 Å². The second kappa shape index (κ2) is 5.74. The summed E-state index contributed by atoms with van der Waals surface area (Å²) in [6.45, 7) is 5.83. The Hall–Kier alpha value is -1.70. The Morgan fingerprint density at radius 2 is 2.20 bits per heavy atom. The summed E-state index contributed by atoms with van der Waals surface area (Å²) in [6, 6.07) is 1.54. The standard InChI is InChI=1S/C13H18N4O3/c1-9-10(2-5-19-9)13-15-12(16-20-13)11(14)8-17-3-6-18-7-4-17/h2,5,11H,3-4,6-8,14H2,1H3. The first-order chi connectivity index (χ1) is 9.74. The fourth-order valence-electron chi connectivity index (χ4n) is 2.25.